The minimum Gasteiger partial charge on any atom is -0.399 e. The highest BCUT2D eigenvalue weighted by atomic mass is 16.3. The van der Waals surface area contributed by atoms with Gasteiger partial charge in [0.1, 0.15) is 0 Å². The summed E-state index contributed by atoms with van der Waals surface area (Å²) in [5.74, 6) is 0.419. The number of H-pyrrole nitrogens is 1. The van der Waals surface area contributed by atoms with Gasteiger partial charge in [0, 0.05) is 18.3 Å². The molecule has 0 radical (unpaired) electrons. The first-order chi connectivity index (χ1) is 9.13. The van der Waals surface area contributed by atoms with Gasteiger partial charge in [0.05, 0.1) is 10.9 Å². The summed E-state index contributed by atoms with van der Waals surface area (Å²) in [6.45, 7) is 2.10. The third-order valence-corrected chi connectivity index (χ3v) is 3.04. The van der Waals surface area contributed by atoms with E-state index in [1.54, 1.807) is 18.2 Å². The Morgan fingerprint density at radius 1 is 1.53 bits per heavy atom. The number of hydrogen-bond acceptors (Lipinski definition) is 5. The number of aromatic nitrogens is 2. The van der Waals surface area contributed by atoms with E-state index in [0.29, 0.717) is 29.0 Å². The zero-order valence-corrected chi connectivity index (χ0v) is 10.8. The number of nitrogens with zero attached hydrogens (tertiary/aromatic N) is 1. The molecule has 19 heavy (non-hydrogen) atoms. The lowest BCUT2D eigenvalue weighted by Gasteiger charge is -2.16. The number of aliphatic hydroxyl groups is 1. The van der Waals surface area contributed by atoms with Crippen LogP contribution in [0.15, 0.2) is 23.0 Å². The van der Waals surface area contributed by atoms with E-state index in [-0.39, 0.29) is 18.2 Å². The Bertz CT molecular complexity index is 624. The summed E-state index contributed by atoms with van der Waals surface area (Å²) in [6.07, 6.45) is 1.45. The van der Waals surface area contributed by atoms with Gasteiger partial charge in [-0.2, -0.15) is 0 Å². The summed E-state index contributed by atoms with van der Waals surface area (Å²) >= 11 is 0. The number of nitrogen functional groups attached to an aromatic ring is 1. The number of aliphatic hydroxyl groups excluding tert-OH is 1. The summed E-state index contributed by atoms with van der Waals surface area (Å²) in [4.78, 5) is 19.0. The Morgan fingerprint density at radius 3 is 3.00 bits per heavy atom. The number of hydrogen-bond donors (Lipinski definition) is 4. The van der Waals surface area contributed by atoms with Gasteiger partial charge in [0.25, 0.3) is 5.56 Å². The van der Waals surface area contributed by atoms with Crippen LogP contribution in [0.25, 0.3) is 10.9 Å². The number of fused-ring (bicyclic) bond motifs is 1. The Labute approximate surface area is 110 Å². The first-order valence-corrected chi connectivity index (χ1v) is 6.31. The third-order valence-electron chi connectivity index (χ3n) is 3.04. The van der Waals surface area contributed by atoms with Gasteiger partial charge in [-0.15, -0.1) is 0 Å². The molecule has 0 aliphatic rings. The maximum Gasteiger partial charge on any atom is 0.260 e. The van der Waals surface area contributed by atoms with Crippen LogP contribution in [0.2, 0.25) is 0 Å². The molecule has 6 nitrogen and oxygen atoms in total. The largest absolute Gasteiger partial charge is 0.399 e. The van der Waals surface area contributed by atoms with E-state index in [1.165, 1.54) is 0 Å². The number of benzene rings is 1. The summed E-state index contributed by atoms with van der Waals surface area (Å²) in [6, 6.07) is 5.12. The average molecular weight is 262 g/mol. The molecule has 5 N–H and O–H groups in total. The van der Waals surface area contributed by atoms with Gasteiger partial charge >= 0.3 is 0 Å². The molecule has 1 aromatic heterocycles. The molecule has 102 valence electrons. The normalized spacial score (nSPS) is 12.5. The van der Waals surface area contributed by atoms with Crippen molar-refractivity contribution in [2.75, 3.05) is 17.7 Å². The minimum absolute atomic E-state index is 0.0828. The molecule has 0 saturated heterocycles. The van der Waals surface area contributed by atoms with Crippen LogP contribution in [0.4, 0.5) is 11.6 Å². The van der Waals surface area contributed by atoms with Crippen LogP contribution in [0, 0.1) is 0 Å². The van der Waals surface area contributed by atoms with Crippen molar-refractivity contribution >= 4 is 22.5 Å². The third kappa shape index (κ3) is 3.03. The lowest BCUT2D eigenvalue weighted by atomic mass is 10.1. The molecule has 0 amide bonds. The Balaban J connectivity index is 2.35. The van der Waals surface area contributed by atoms with Crippen LogP contribution in [0.5, 0.6) is 0 Å². The van der Waals surface area contributed by atoms with Crippen molar-refractivity contribution in [1.29, 1.82) is 0 Å². The summed E-state index contributed by atoms with van der Waals surface area (Å²) in [7, 11) is 0. The highest BCUT2D eigenvalue weighted by Gasteiger charge is 2.09. The van der Waals surface area contributed by atoms with E-state index in [2.05, 4.69) is 15.3 Å². The van der Waals surface area contributed by atoms with Gasteiger partial charge in [0.2, 0.25) is 5.95 Å². The maximum absolute atomic E-state index is 11.9. The van der Waals surface area contributed by atoms with Crippen molar-refractivity contribution < 1.29 is 5.11 Å². The van der Waals surface area contributed by atoms with E-state index in [0.717, 1.165) is 6.42 Å². The zero-order valence-electron chi connectivity index (χ0n) is 10.8. The molecular weight excluding hydrogens is 244 g/mol. The number of nitrogens with one attached hydrogen (secondary N) is 2. The Kier molecular flexibility index (Phi) is 4.01. The Morgan fingerprint density at radius 2 is 2.32 bits per heavy atom. The minimum atomic E-state index is -0.223. The quantitative estimate of drug-likeness (QED) is 0.604. The van der Waals surface area contributed by atoms with Crippen LogP contribution in [-0.2, 0) is 0 Å². The smallest absolute Gasteiger partial charge is 0.260 e. The van der Waals surface area contributed by atoms with Gasteiger partial charge < -0.3 is 16.2 Å². The van der Waals surface area contributed by atoms with Crippen molar-refractivity contribution in [3.63, 3.8) is 0 Å². The molecule has 1 unspecified atom stereocenters. The topological polar surface area (TPSA) is 104 Å². The fraction of sp³-hybridized carbons (Fsp3) is 0.385. The second-order valence-corrected chi connectivity index (χ2v) is 4.45. The van der Waals surface area contributed by atoms with Crippen LogP contribution >= 0.6 is 0 Å². The van der Waals surface area contributed by atoms with Crippen molar-refractivity contribution in [3.8, 4) is 0 Å². The number of aromatic amines is 1. The number of rotatable bonds is 5. The first kappa shape index (κ1) is 13.4. The fourth-order valence-corrected chi connectivity index (χ4v) is 1.95. The fourth-order valence-electron chi connectivity index (χ4n) is 1.95. The van der Waals surface area contributed by atoms with Crippen molar-refractivity contribution in [1.82, 2.24) is 9.97 Å². The van der Waals surface area contributed by atoms with Gasteiger partial charge in [-0.1, -0.05) is 6.92 Å². The van der Waals surface area contributed by atoms with Gasteiger partial charge in [-0.25, -0.2) is 4.98 Å². The SMILES string of the molecule is CCC(CCO)Nc1nc2ccc(N)cc2c(=O)[nH]1. The predicted molar refractivity (Wildman–Crippen MR) is 76.2 cm³/mol. The molecule has 1 heterocycles. The predicted octanol–water partition coefficient (Wildman–Crippen LogP) is 1.08. The van der Waals surface area contributed by atoms with Crippen LogP contribution in [0.1, 0.15) is 19.8 Å². The van der Waals surface area contributed by atoms with Crippen LogP contribution in [0.3, 0.4) is 0 Å². The van der Waals surface area contributed by atoms with E-state index >= 15 is 0 Å². The molecule has 0 aliphatic heterocycles. The zero-order chi connectivity index (χ0) is 13.8. The molecule has 0 aliphatic carbocycles. The number of anilines is 2. The van der Waals surface area contributed by atoms with E-state index in [9.17, 15) is 4.79 Å². The summed E-state index contributed by atoms with van der Waals surface area (Å²) < 4.78 is 0. The summed E-state index contributed by atoms with van der Waals surface area (Å²) in [5.41, 5.74) is 6.56. The van der Waals surface area contributed by atoms with Crippen LogP contribution in [-0.4, -0.2) is 27.7 Å². The second kappa shape index (κ2) is 5.71. The Hall–Kier alpha value is -2.08. The molecule has 1 atom stereocenters. The number of nitrogens with two attached hydrogens (primary N) is 1. The molecule has 0 fully saturated rings. The standard InChI is InChI=1S/C13H18N4O2/c1-2-9(5-6-18)15-13-16-11-4-3-8(14)7-10(11)12(19)17-13/h3-4,7,9,18H,2,5-6,14H2,1H3,(H2,15,16,17,19). The van der Waals surface area contributed by atoms with Crippen molar-refractivity contribution in [2.24, 2.45) is 0 Å². The molecule has 6 heteroatoms. The average Bonchev–Trinajstić information content (AvgIpc) is 2.39. The van der Waals surface area contributed by atoms with Gasteiger partial charge in [-0.3, -0.25) is 9.78 Å². The van der Waals surface area contributed by atoms with Gasteiger partial charge in [-0.05, 0) is 31.0 Å². The molecule has 2 aromatic rings. The summed E-state index contributed by atoms with van der Waals surface area (Å²) in [5, 5.41) is 12.5. The van der Waals surface area contributed by atoms with Gasteiger partial charge in [0.15, 0.2) is 0 Å². The lowest BCUT2D eigenvalue weighted by molar-refractivity contribution is 0.278. The van der Waals surface area contributed by atoms with E-state index in [1.807, 2.05) is 6.92 Å². The van der Waals surface area contributed by atoms with Crippen molar-refractivity contribution in [2.45, 2.75) is 25.8 Å². The van der Waals surface area contributed by atoms with E-state index < -0.39 is 0 Å². The molecule has 0 saturated carbocycles. The highest BCUT2D eigenvalue weighted by molar-refractivity contribution is 5.81. The van der Waals surface area contributed by atoms with Crippen molar-refractivity contribution in [3.05, 3.63) is 28.6 Å². The molecule has 1 aromatic carbocycles. The highest BCUT2D eigenvalue weighted by Crippen LogP contribution is 2.13. The first-order valence-electron chi connectivity index (χ1n) is 6.31. The molecular formula is C13H18N4O2. The van der Waals surface area contributed by atoms with Crippen LogP contribution < -0.4 is 16.6 Å². The van der Waals surface area contributed by atoms with E-state index in [4.69, 9.17) is 10.8 Å². The second-order valence-electron chi connectivity index (χ2n) is 4.45. The molecule has 0 spiro atoms. The lowest BCUT2D eigenvalue weighted by Crippen LogP contribution is -2.23. The molecule has 2 rings (SSSR count). The maximum atomic E-state index is 11.9. The molecule has 0 bridgehead atoms. The monoisotopic (exact) mass is 262 g/mol.